The molecule has 3 nitrogen and oxygen atoms in total. The van der Waals surface area contributed by atoms with Crippen molar-refractivity contribution in [3.63, 3.8) is 0 Å². The van der Waals surface area contributed by atoms with Crippen LogP contribution in [0.15, 0.2) is 29.6 Å². The second kappa shape index (κ2) is 5.90. The first kappa shape index (κ1) is 14.1. The van der Waals surface area contributed by atoms with Crippen LogP contribution in [0, 0.1) is 0 Å². The van der Waals surface area contributed by atoms with E-state index in [1.54, 1.807) is 11.3 Å². The SMILES string of the molecule is CN(C)c1ccccc1NC(=O)c1scc2c1CCCC2. The van der Waals surface area contributed by atoms with E-state index in [1.165, 1.54) is 24.0 Å². The molecule has 0 aliphatic heterocycles. The third kappa shape index (κ3) is 2.81. The maximum Gasteiger partial charge on any atom is 0.266 e. The minimum Gasteiger partial charge on any atom is -0.376 e. The van der Waals surface area contributed by atoms with Gasteiger partial charge in [-0.3, -0.25) is 4.79 Å². The summed E-state index contributed by atoms with van der Waals surface area (Å²) in [5, 5.41) is 5.23. The number of fused-ring (bicyclic) bond motifs is 1. The lowest BCUT2D eigenvalue weighted by Crippen LogP contribution is -2.17. The van der Waals surface area contributed by atoms with Gasteiger partial charge in [0, 0.05) is 14.1 Å². The quantitative estimate of drug-likeness (QED) is 0.931. The molecule has 3 rings (SSSR count). The molecule has 0 unspecified atom stereocenters. The number of nitrogens with zero attached hydrogens (tertiary/aromatic N) is 1. The number of benzene rings is 1. The van der Waals surface area contributed by atoms with Crippen LogP contribution in [-0.4, -0.2) is 20.0 Å². The highest BCUT2D eigenvalue weighted by Gasteiger charge is 2.20. The van der Waals surface area contributed by atoms with E-state index in [-0.39, 0.29) is 5.91 Å². The van der Waals surface area contributed by atoms with Crippen LogP contribution >= 0.6 is 11.3 Å². The average Bonchev–Trinajstić information content (AvgIpc) is 2.91. The molecule has 0 radical (unpaired) electrons. The number of anilines is 2. The predicted octanol–water partition coefficient (Wildman–Crippen LogP) is 3.95. The standard InChI is InChI=1S/C17H20N2OS/c1-19(2)15-10-6-5-9-14(15)18-17(20)16-13-8-4-3-7-12(13)11-21-16/h5-6,9-11H,3-4,7-8H2,1-2H3,(H,18,20). The summed E-state index contributed by atoms with van der Waals surface area (Å²) >= 11 is 1.58. The van der Waals surface area contributed by atoms with Gasteiger partial charge in [-0.1, -0.05) is 12.1 Å². The molecule has 0 bridgehead atoms. The lowest BCUT2D eigenvalue weighted by Gasteiger charge is -2.18. The number of thiophene rings is 1. The van der Waals surface area contributed by atoms with Gasteiger partial charge in [0.1, 0.15) is 0 Å². The maximum atomic E-state index is 12.6. The highest BCUT2D eigenvalue weighted by molar-refractivity contribution is 7.12. The number of nitrogens with one attached hydrogen (secondary N) is 1. The van der Waals surface area contributed by atoms with Crippen molar-refractivity contribution in [1.82, 2.24) is 0 Å². The Bertz CT molecular complexity index is 661. The highest BCUT2D eigenvalue weighted by atomic mass is 32.1. The smallest absolute Gasteiger partial charge is 0.266 e. The Balaban J connectivity index is 1.86. The Labute approximate surface area is 129 Å². The molecule has 1 aliphatic carbocycles. The van der Waals surface area contributed by atoms with Crippen molar-refractivity contribution in [1.29, 1.82) is 0 Å². The second-order valence-electron chi connectivity index (χ2n) is 5.64. The lowest BCUT2D eigenvalue weighted by atomic mass is 9.94. The van der Waals surface area contributed by atoms with E-state index in [2.05, 4.69) is 10.7 Å². The first-order valence-electron chi connectivity index (χ1n) is 7.34. The van der Waals surface area contributed by atoms with Gasteiger partial charge in [0.15, 0.2) is 0 Å². The van der Waals surface area contributed by atoms with Gasteiger partial charge in [-0.2, -0.15) is 0 Å². The Morgan fingerprint density at radius 1 is 1.19 bits per heavy atom. The fourth-order valence-corrected chi connectivity index (χ4v) is 3.91. The number of para-hydroxylation sites is 2. The number of rotatable bonds is 3. The molecule has 0 saturated heterocycles. The zero-order valence-corrected chi connectivity index (χ0v) is 13.3. The largest absolute Gasteiger partial charge is 0.376 e. The Morgan fingerprint density at radius 2 is 1.95 bits per heavy atom. The van der Waals surface area contributed by atoms with Crippen LogP contribution in [0.5, 0.6) is 0 Å². The minimum absolute atomic E-state index is 0.0254. The summed E-state index contributed by atoms with van der Waals surface area (Å²) in [5.74, 6) is 0.0254. The maximum absolute atomic E-state index is 12.6. The van der Waals surface area contributed by atoms with Gasteiger partial charge >= 0.3 is 0 Å². The van der Waals surface area contributed by atoms with Gasteiger partial charge < -0.3 is 10.2 Å². The minimum atomic E-state index is 0.0254. The van der Waals surface area contributed by atoms with Crippen LogP contribution in [0.2, 0.25) is 0 Å². The highest BCUT2D eigenvalue weighted by Crippen LogP contribution is 2.31. The van der Waals surface area contributed by atoms with Crippen molar-refractivity contribution in [2.24, 2.45) is 0 Å². The summed E-state index contributed by atoms with van der Waals surface area (Å²) in [7, 11) is 3.97. The van der Waals surface area contributed by atoms with Crippen LogP contribution in [0.1, 0.15) is 33.6 Å². The topological polar surface area (TPSA) is 32.3 Å². The molecule has 1 amide bonds. The summed E-state index contributed by atoms with van der Waals surface area (Å²) in [6.45, 7) is 0. The van der Waals surface area contributed by atoms with Crippen LogP contribution in [0.25, 0.3) is 0 Å². The molecule has 0 saturated carbocycles. The van der Waals surface area contributed by atoms with Crippen LogP contribution in [0.3, 0.4) is 0 Å². The number of amides is 1. The predicted molar refractivity (Wildman–Crippen MR) is 89.7 cm³/mol. The van der Waals surface area contributed by atoms with Gasteiger partial charge in [0.05, 0.1) is 16.3 Å². The summed E-state index contributed by atoms with van der Waals surface area (Å²) in [6.07, 6.45) is 4.59. The molecule has 110 valence electrons. The Kier molecular flexibility index (Phi) is 3.97. The molecule has 2 aromatic rings. The molecule has 4 heteroatoms. The molecular weight excluding hydrogens is 280 g/mol. The summed E-state index contributed by atoms with van der Waals surface area (Å²) in [6, 6.07) is 7.90. The van der Waals surface area contributed by atoms with Crippen LogP contribution < -0.4 is 10.2 Å². The first-order valence-corrected chi connectivity index (χ1v) is 8.21. The lowest BCUT2D eigenvalue weighted by molar-refractivity contribution is 0.102. The number of hydrogen-bond acceptors (Lipinski definition) is 3. The molecule has 0 spiro atoms. The van der Waals surface area contributed by atoms with E-state index in [9.17, 15) is 4.79 Å². The molecule has 0 atom stereocenters. The number of carbonyl (C=O) groups is 1. The monoisotopic (exact) mass is 300 g/mol. The van der Waals surface area contributed by atoms with Crippen molar-refractivity contribution >= 4 is 28.6 Å². The zero-order valence-electron chi connectivity index (χ0n) is 12.5. The van der Waals surface area contributed by atoms with Crippen molar-refractivity contribution < 1.29 is 4.79 Å². The molecular formula is C17H20N2OS. The van der Waals surface area contributed by atoms with Crippen molar-refractivity contribution in [3.05, 3.63) is 45.6 Å². The number of hydrogen-bond donors (Lipinski definition) is 1. The van der Waals surface area contributed by atoms with E-state index in [1.807, 2.05) is 43.3 Å². The molecule has 0 fully saturated rings. The van der Waals surface area contributed by atoms with Gasteiger partial charge in [0.2, 0.25) is 0 Å². The summed E-state index contributed by atoms with van der Waals surface area (Å²) < 4.78 is 0. The summed E-state index contributed by atoms with van der Waals surface area (Å²) in [4.78, 5) is 15.5. The van der Waals surface area contributed by atoms with Gasteiger partial charge in [0.25, 0.3) is 5.91 Å². The fourth-order valence-electron chi connectivity index (χ4n) is 2.86. The molecule has 1 heterocycles. The average molecular weight is 300 g/mol. The first-order chi connectivity index (χ1) is 10.2. The van der Waals surface area contributed by atoms with Crippen molar-refractivity contribution in [2.45, 2.75) is 25.7 Å². The van der Waals surface area contributed by atoms with Crippen LogP contribution in [-0.2, 0) is 12.8 Å². The van der Waals surface area contributed by atoms with E-state index < -0.39 is 0 Å². The van der Waals surface area contributed by atoms with E-state index in [0.29, 0.717) is 0 Å². The normalized spacial score (nSPS) is 13.6. The third-order valence-electron chi connectivity index (χ3n) is 3.94. The summed E-state index contributed by atoms with van der Waals surface area (Å²) in [5.41, 5.74) is 4.53. The fraction of sp³-hybridized carbons (Fsp3) is 0.353. The Hall–Kier alpha value is -1.81. The molecule has 1 N–H and O–H groups in total. The molecule has 1 aliphatic rings. The Morgan fingerprint density at radius 3 is 2.76 bits per heavy atom. The van der Waals surface area contributed by atoms with E-state index in [4.69, 9.17) is 0 Å². The van der Waals surface area contributed by atoms with Gasteiger partial charge in [-0.25, -0.2) is 0 Å². The number of carbonyl (C=O) groups excluding carboxylic acids is 1. The van der Waals surface area contributed by atoms with Crippen molar-refractivity contribution in [3.8, 4) is 0 Å². The molecule has 1 aromatic carbocycles. The zero-order chi connectivity index (χ0) is 14.8. The third-order valence-corrected chi connectivity index (χ3v) is 5.01. The number of aryl methyl sites for hydroxylation is 1. The van der Waals surface area contributed by atoms with Gasteiger partial charge in [-0.15, -0.1) is 11.3 Å². The molecule has 21 heavy (non-hydrogen) atoms. The van der Waals surface area contributed by atoms with Gasteiger partial charge in [-0.05, 0) is 54.3 Å². The van der Waals surface area contributed by atoms with E-state index >= 15 is 0 Å². The van der Waals surface area contributed by atoms with E-state index in [0.717, 1.165) is 29.1 Å². The van der Waals surface area contributed by atoms with Crippen LogP contribution in [0.4, 0.5) is 11.4 Å². The van der Waals surface area contributed by atoms with Crippen molar-refractivity contribution in [2.75, 3.05) is 24.3 Å². The molecule has 1 aromatic heterocycles. The second-order valence-corrected chi connectivity index (χ2v) is 6.52.